The molecule has 2 atom stereocenters. The SMILES string of the molecule is O=C(NCc1ccncc1)C1Cc2cc(C(F)(F)F)ccc2N2CCN(c3cnccn3)CC12. The van der Waals surface area contributed by atoms with Gasteiger partial charge < -0.3 is 15.1 Å². The van der Waals surface area contributed by atoms with Crippen LogP contribution in [0.25, 0.3) is 0 Å². The number of nitrogens with one attached hydrogen (secondary N) is 1. The minimum Gasteiger partial charge on any atom is -0.364 e. The minimum absolute atomic E-state index is 0.184. The van der Waals surface area contributed by atoms with E-state index in [-0.39, 0.29) is 18.4 Å². The average Bonchev–Trinajstić information content (AvgIpc) is 2.86. The molecule has 7 nitrogen and oxygen atoms in total. The number of piperazine rings is 1. The Morgan fingerprint density at radius 2 is 1.88 bits per heavy atom. The molecule has 10 heteroatoms. The number of benzene rings is 1. The molecule has 0 saturated carbocycles. The fourth-order valence-electron chi connectivity index (χ4n) is 4.78. The maximum atomic E-state index is 13.4. The van der Waals surface area contributed by atoms with Crippen LogP contribution in [0.15, 0.2) is 61.3 Å². The van der Waals surface area contributed by atoms with E-state index in [0.29, 0.717) is 31.7 Å². The van der Waals surface area contributed by atoms with E-state index in [4.69, 9.17) is 0 Å². The maximum Gasteiger partial charge on any atom is 0.416 e. The van der Waals surface area contributed by atoms with Gasteiger partial charge in [0.1, 0.15) is 5.82 Å². The van der Waals surface area contributed by atoms with Gasteiger partial charge in [-0.25, -0.2) is 4.98 Å². The van der Waals surface area contributed by atoms with E-state index in [1.54, 1.807) is 31.0 Å². The molecule has 2 aliphatic heterocycles. The highest BCUT2D eigenvalue weighted by atomic mass is 19.4. The summed E-state index contributed by atoms with van der Waals surface area (Å²) in [6.45, 7) is 2.04. The second-order valence-electron chi connectivity index (χ2n) is 8.50. The molecule has 2 unspecified atom stereocenters. The Labute approximate surface area is 194 Å². The van der Waals surface area contributed by atoms with Crippen LogP contribution in [0.2, 0.25) is 0 Å². The number of halogens is 3. The summed E-state index contributed by atoms with van der Waals surface area (Å²) >= 11 is 0. The van der Waals surface area contributed by atoms with Gasteiger partial charge in [0.25, 0.3) is 0 Å². The van der Waals surface area contributed by atoms with Crippen molar-refractivity contribution in [1.29, 1.82) is 0 Å². The molecule has 1 amide bonds. The lowest BCUT2D eigenvalue weighted by Gasteiger charge is -2.49. The third-order valence-electron chi connectivity index (χ3n) is 6.47. The van der Waals surface area contributed by atoms with E-state index in [1.807, 2.05) is 12.1 Å². The zero-order valence-electron chi connectivity index (χ0n) is 18.2. The zero-order valence-corrected chi connectivity index (χ0v) is 18.2. The van der Waals surface area contributed by atoms with Gasteiger partial charge in [0.15, 0.2) is 0 Å². The summed E-state index contributed by atoms with van der Waals surface area (Å²) in [4.78, 5) is 30.0. The van der Waals surface area contributed by atoms with Crippen LogP contribution in [0.1, 0.15) is 16.7 Å². The number of pyridine rings is 1. The normalized spacial score (nSPS) is 19.9. The van der Waals surface area contributed by atoms with E-state index in [9.17, 15) is 18.0 Å². The predicted octanol–water partition coefficient (Wildman–Crippen LogP) is 3.07. The molecular formula is C24H23F3N6O. The quantitative estimate of drug-likeness (QED) is 0.635. The number of carbonyl (C=O) groups is 1. The number of hydrogen-bond donors (Lipinski definition) is 1. The fourth-order valence-corrected chi connectivity index (χ4v) is 4.78. The minimum atomic E-state index is -4.43. The molecule has 0 aliphatic carbocycles. The molecule has 1 N–H and O–H groups in total. The molecule has 0 spiro atoms. The Morgan fingerprint density at radius 3 is 2.62 bits per heavy atom. The Bertz CT molecular complexity index is 1160. The second kappa shape index (κ2) is 8.92. The van der Waals surface area contributed by atoms with E-state index < -0.39 is 17.7 Å². The van der Waals surface area contributed by atoms with Crippen LogP contribution in [0, 0.1) is 5.92 Å². The van der Waals surface area contributed by atoms with Crippen LogP contribution in [-0.2, 0) is 23.9 Å². The monoisotopic (exact) mass is 468 g/mol. The standard InChI is InChI=1S/C24H23F3N6O/c25-24(26,27)18-1-2-20-17(11-18)12-19(23(34)31-13-16-3-5-28-6-4-16)21-15-32(9-10-33(20)21)22-14-29-7-8-30-22/h1-8,11,14,19,21H,9-10,12-13,15H2,(H,31,34). The summed E-state index contributed by atoms with van der Waals surface area (Å²) in [5, 5.41) is 2.97. The van der Waals surface area contributed by atoms with E-state index >= 15 is 0 Å². The lowest BCUT2D eigenvalue weighted by molar-refractivity contribution is -0.137. The number of fused-ring (bicyclic) bond motifs is 3. The van der Waals surface area contributed by atoms with Gasteiger partial charge in [-0.1, -0.05) is 0 Å². The van der Waals surface area contributed by atoms with Crippen LogP contribution >= 0.6 is 0 Å². The average molecular weight is 468 g/mol. The van der Waals surface area contributed by atoms with Gasteiger partial charge >= 0.3 is 6.18 Å². The first-order chi connectivity index (χ1) is 16.4. The van der Waals surface area contributed by atoms with Gasteiger partial charge in [0.2, 0.25) is 5.91 Å². The predicted molar refractivity (Wildman–Crippen MR) is 120 cm³/mol. The van der Waals surface area contributed by atoms with E-state index in [1.165, 1.54) is 12.1 Å². The largest absolute Gasteiger partial charge is 0.416 e. The summed E-state index contributed by atoms with van der Waals surface area (Å²) in [6.07, 6.45) is 4.00. The summed E-state index contributed by atoms with van der Waals surface area (Å²) < 4.78 is 40.1. The third kappa shape index (κ3) is 4.40. The second-order valence-corrected chi connectivity index (χ2v) is 8.50. The van der Waals surface area contributed by atoms with Crippen molar-refractivity contribution in [3.05, 3.63) is 78.0 Å². The van der Waals surface area contributed by atoms with Crippen molar-refractivity contribution in [1.82, 2.24) is 20.3 Å². The Hall–Kier alpha value is -3.69. The number of aromatic nitrogens is 3. The van der Waals surface area contributed by atoms with Crippen molar-refractivity contribution in [2.75, 3.05) is 29.4 Å². The van der Waals surface area contributed by atoms with E-state index in [2.05, 4.69) is 30.1 Å². The Morgan fingerprint density at radius 1 is 1.06 bits per heavy atom. The molecule has 2 aliphatic rings. The number of nitrogens with zero attached hydrogens (tertiary/aromatic N) is 5. The number of carbonyl (C=O) groups excluding carboxylic acids is 1. The van der Waals surface area contributed by atoms with Gasteiger partial charge in [0.05, 0.1) is 23.7 Å². The molecule has 0 radical (unpaired) electrons. The lowest BCUT2D eigenvalue weighted by atomic mass is 9.82. The van der Waals surface area contributed by atoms with Crippen molar-refractivity contribution in [3.8, 4) is 0 Å². The molecular weight excluding hydrogens is 445 g/mol. The number of amides is 1. The van der Waals surface area contributed by atoms with Crippen molar-refractivity contribution in [2.45, 2.75) is 25.2 Å². The van der Waals surface area contributed by atoms with Gasteiger partial charge in [-0.15, -0.1) is 0 Å². The molecule has 34 heavy (non-hydrogen) atoms. The highest BCUT2D eigenvalue weighted by molar-refractivity contribution is 5.82. The summed E-state index contributed by atoms with van der Waals surface area (Å²) in [5.74, 6) is 0.0180. The first kappa shape index (κ1) is 22.1. The molecule has 1 aromatic carbocycles. The first-order valence-corrected chi connectivity index (χ1v) is 11.0. The molecule has 1 saturated heterocycles. The van der Waals surface area contributed by atoms with Gasteiger partial charge in [-0.3, -0.25) is 14.8 Å². The lowest BCUT2D eigenvalue weighted by Crippen LogP contribution is -2.61. The zero-order chi connectivity index (χ0) is 23.7. The van der Waals surface area contributed by atoms with Crippen LogP contribution < -0.4 is 15.1 Å². The van der Waals surface area contributed by atoms with Crippen molar-refractivity contribution >= 4 is 17.4 Å². The molecule has 4 heterocycles. The fraction of sp³-hybridized carbons (Fsp3) is 0.333. The molecule has 5 rings (SSSR count). The number of hydrogen-bond acceptors (Lipinski definition) is 6. The summed E-state index contributed by atoms with van der Waals surface area (Å²) in [6, 6.07) is 7.26. The Kier molecular flexibility index (Phi) is 5.80. The summed E-state index contributed by atoms with van der Waals surface area (Å²) in [7, 11) is 0. The molecule has 2 aromatic heterocycles. The van der Waals surface area contributed by atoms with Crippen LogP contribution in [0.5, 0.6) is 0 Å². The first-order valence-electron chi connectivity index (χ1n) is 11.0. The molecule has 1 fully saturated rings. The molecule has 176 valence electrons. The van der Waals surface area contributed by atoms with Crippen LogP contribution in [0.3, 0.4) is 0 Å². The van der Waals surface area contributed by atoms with Crippen LogP contribution in [-0.4, -0.2) is 46.5 Å². The van der Waals surface area contributed by atoms with E-state index in [0.717, 1.165) is 23.1 Å². The number of anilines is 2. The summed E-state index contributed by atoms with van der Waals surface area (Å²) in [5.41, 5.74) is 1.51. The van der Waals surface area contributed by atoms with Crippen molar-refractivity contribution in [2.24, 2.45) is 5.92 Å². The van der Waals surface area contributed by atoms with Crippen LogP contribution in [0.4, 0.5) is 24.7 Å². The number of alkyl halides is 3. The van der Waals surface area contributed by atoms with Crippen molar-refractivity contribution in [3.63, 3.8) is 0 Å². The van der Waals surface area contributed by atoms with Crippen molar-refractivity contribution < 1.29 is 18.0 Å². The highest BCUT2D eigenvalue weighted by Gasteiger charge is 2.43. The maximum absolute atomic E-state index is 13.4. The molecule has 0 bridgehead atoms. The Balaban J connectivity index is 1.44. The topological polar surface area (TPSA) is 74.2 Å². The van der Waals surface area contributed by atoms with Gasteiger partial charge in [0, 0.05) is 56.7 Å². The van der Waals surface area contributed by atoms with Gasteiger partial charge in [-0.2, -0.15) is 13.2 Å². The smallest absolute Gasteiger partial charge is 0.364 e. The highest BCUT2D eigenvalue weighted by Crippen LogP contribution is 2.40. The van der Waals surface area contributed by atoms with Gasteiger partial charge in [-0.05, 0) is 47.9 Å². The molecule has 3 aromatic rings. The third-order valence-corrected chi connectivity index (χ3v) is 6.47. The number of rotatable bonds is 4.